The van der Waals surface area contributed by atoms with E-state index in [1.165, 1.54) is 12.1 Å². The molecule has 1 aromatic rings. The van der Waals surface area contributed by atoms with E-state index in [4.69, 9.17) is 0 Å². The highest BCUT2D eigenvalue weighted by atomic mass is 79.9. The van der Waals surface area contributed by atoms with Gasteiger partial charge in [-0.2, -0.15) is 0 Å². The van der Waals surface area contributed by atoms with Gasteiger partial charge >= 0.3 is 0 Å². The van der Waals surface area contributed by atoms with E-state index in [2.05, 4.69) is 34.7 Å². The van der Waals surface area contributed by atoms with Crippen LogP contribution in [0.1, 0.15) is 19.8 Å². The minimum absolute atomic E-state index is 0.0844. The van der Waals surface area contributed by atoms with Gasteiger partial charge in [0, 0.05) is 28.3 Å². The van der Waals surface area contributed by atoms with Crippen LogP contribution in [0.4, 0.5) is 11.4 Å². The molecule has 0 aliphatic carbocycles. The fraction of sp³-hybridized carbons (Fsp3) is 0.333. The van der Waals surface area contributed by atoms with Crippen LogP contribution in [0.3, 0.4) is 0 Å². The Kier molecular flexibility index (Phi) is 5.15. The predicted molar refractivity (Wildman–Crippen MR) is 73.3 cm³/mol. The molecule has 1 unspecified atom stereocenters. The van der Waals surface area contributed by atoms with E-state index in [1.807, 2.05) is 6.08 Å². The smallest absolute Gasteiger partial charge is 0.270 e. The van der Waals surface area contributed by atoms with E-state index < -0.39 is 4.92 Å². The van der Waals surface area contributed by atoms with Crippen LogP contribution in [0.5, 0.6) is 0 Å². The molecule has 0 heterocycles. The summed E-state index contributed by atoms with van der Waals surface area (Å²) < 4.78 is 0.706. The van der Waals surface area contributed by atoms with Gasteiger partial charge in [0.15, 0.2) is 0 Å². The molecule has 0 aliphatic rings. The first kappa shape index (κ1) is 13.7. The Morgan fingerprint density at radius 1 is 1.65 bits per heavy atom. The number of non-ortho nitro benzene ring substituents is 1. The lowest BCUT2D eigenvalue weighted by molar-refractivity contribution is -0.384. The molecule has 0 saturated heterocycles. The maximum absolute atomic E-state index is 10.6. The third-order valence-corrected chi connectivity index (χ3v) is 3.03. The zero-order valence-corrected chi connectivity index (χ0v) is 11.2. The summed E-state index contributed by atoms with van der Waals surface area (Å²) in [5.41, 5.74) is 0.952. The largest absolute Gasteiger partial charge is 0.382 e. The molecule has 1 rings (SSSR count). The summed E-state index contributed by atoms with van der Waals surface area (Å²) in [6.45, 7) is 5.74. The van der Waals surface area contributed by atoms with Crippen LogP contribution in [0.25, 0.3) is 0 Å². The maximum Gasteiger partial charge on any atom is 0.270 e. The molecule has 0 aliphatic heterocycles. The quantitative estimate of drug-likeness (QED) is 0.488. The molecule has 92 valence electrons. The van der Waals surface area contributed by atoms with Gasteiger partial charge in [-0.3, -0.25) is 10.1 Å². The van der Waals surface area contributed by atoms with Crippen molar-refractivity contribution >= 4 is 27.3 Å². The van der Waals surface area contributed by atoms with Gasteiger partial charge in [0.2, 0.25) is 0 Å². The van der Waals surface area contributed by atoms with Crippen molar-refractivity contribution in [3.63, 3.8) is 0 Å². The molecular weight excluding hydrogens is 284 g/mol. The number of benzene rings is 1. The van der Waals surface area contributed by atoms with E-state index >= 15 is 0 Å². The van der Waals surface area contributed by atoms with E-state index in [0.717, 1.165) is 18.5 Å². The SMILES string of the molecule is C=CCCC(C)Nc1ccc([N+](=O)[O-])cc1Br. The molecule has 1 atom stereocenters. The molecule has 0 fully saturated rings. The van der Waals surface area contributed by atoms with Gasteiger partial charge in [0.05, 0.1) is 4.92 Å². The van der Waals surface area contributed by atoms with Gasteiger partial charge in [0.25, 0.3) is 5.69 Å². The maximum atomic E-state index is 10.6. The minimum Gasteiger partial charge on any atom is -0.382 e. The Morgan fingerprint density at radius 3 is 2.88 bits per heavy atom. The number of nitrogens with zero attached hydrogens (tertiary/aromatic N) is 1. The molecule has 4 nitrogen and oxygen atoms in total. The van der Waals surface area contributed by atoms with Crippen molar-refractivity contribution in [3.05, 3.63) is 45.4 Å². The number of nitro groups is 1. The van der Waals surface area contributed by atoms with Crippen molar-refractivity contribution in [3.8, 4) is 0 Å². The summed E-state index contributed by atoms with van der Waals surface area (Å²) in [4.78, 5) is 10.2. The molecule has 0 spiro atoms. The molecule has 1 N–H and O–H groups in total. The standard InChI is InChI=1S/C12H15BrN2O2/c1-3-4-5-9(2)14-12-7-6-10(15(16)17)8-11(12)13/h3,6-9,14H,1,4-5H2,2H3. The van der Waals surface area contributed by atoms with Gasteiger partial charge < -0.3 is 5.32 Å². The van der Waals surface area contributed by atoms with Crippen LogP contribution in [0, 0.1) is 10.1 Å². The second-order valence-corrected chi connectivity index (χ2v) is 4.69. The average Bonchev–Trinajstić information content (AvgIpc) is 2.28. The fourth-order valence-electron chi connectivity index (χ4n) is 1.44. The van der Waals surface area contributed by atoms with Gasteiger partial charge in [-0.1, -0.05) is 6.08 Å². The Morgan fingerprint density at radius 2 is 2.35 bits per heavy atom. The van der Waals surface area contributed by atoms with Gasteiger partial charge in [0.1, 0.15) is 0 Å². The van der Waals surface area contributed by atoms with Crippen molar-refractivity contribution in [2.24, 2.45) is 0 Å². The van der Waals surface area contributed by atoms with Crippen molar-refractivity contribution in [2.75, 3.05) is 5.32 Å². The third kappa shape index (κ3) is 4.19. The lowest BCUT2D eigenvalue weighted by atomic mass is 10.1. The topological polar surface area (TPSA) is 55.2 Å². The molecule has 0 saturated carbocycles. The third-order valence-electron chi connectivity index (χ3n) is 2.37. The van der Waals surface area contributed by atoms with E-state index in [9.17, 15) is 10.1 Å². The summed E-state index contributed by atoms with van der Waals surface area (Å²) in [5, 5.41) is 13.9. The van der Waals surface area contributed by atoms with Gasteiger partial charge in [-0.15, -0.1) is 6.58 Å². The highest BCUT2D eigenvalue weighted by Crippen LogP contribution is 2.27. The Balaban J connectivity index is 2.72. The number of nitro benzene ring substituents is 1. The second kappa shape index (κ2) is 6.39. The van der Waals surface area contributed by atoms with Crippen LogP contribution in [0.15, 0.2) is 35.3 Å². The van der Waals surface area contributed by atoms with Crippen LogP contribution in [0.2, 0.25) is 0 Å². The van der Waals surface area contributed by atoms with E-state index in [0.29, 0.717) is 10.5 Å². The lowest BCUT2D eigenvalue weighted by Gasteiger charge is -2.15. The number of hydrogen-bond acceptors (Lipinski definition) is 3. The van der Waals surface area contributed by atoms with Crippen molar-refractivity contribution in [1.82, 2.24) is 0 Å². The summed E-state index contributed by atoms with van der Waals surface area (Å²) >= 11 is 3.32. The normalized spacial score (nSPS) is 11.9. The zero-order chi connectivity index (χ0) is 12.8. The number of allylic oxidation sites excluding steroid dienone is 1. The van der Waals surface area contributed by atoms with E-state index in [-0.39, 0.29) is 5.69 Å². The molecule has 0 bridgehead atoms. The predicted octanol–water partition coefficient (Wildman–Crippen LogP) is 4.12. The molecule has 0 radical (unpaired) electrons. The monoisotopic (exact) mass is 298 g/mol. The van der Waals surface area contributed by atoms with Crippen molar-refractivity contribution < 1.29 is 4.92 Å². The zero-order valence-electron chi connectivity index (χ0n) is 9.65. The molecule has 0 amide bonds. The number of nitrogens with one attached hydrogen (secondary N) is 1. The lowest BCUT2D eigenvalue weighted by Crippen LogP contribution is -2.14. The number of halogens is 1. The van der Waals surface area contributed by atoms with Crippen LogP contribution in [-0.4, -0.2) is 11.0 Å². The molecule has 0 aromatic heterocycles. The first-order chi connectivity index (χ1) is 8.04. The van der Waals surface area contributed by atoms with Gasteiger partial charge in [-0.25, -0.2) is 0 Å². The Labute approximate surface area is 109 Å². The first-order valence-corrected chi connectivity index (χ1v) is 6.15. The summed E-state index contributed by atoms with van der Waals surface area (Å²) in [7, 11) is 0. The van der Waals surface area contributed by atoms with Crippen LogP contribution >= 0.6 is 15.9 Å². The minimum atomic E-state index is -0.407. The Hall–Kier alpha value is -1.36. The summed E-state index contributed by atoms with van der Waals surface area (Å²) in [5.74, 6) is 0. The van der Waals surface area contributed by atoms with Crippen LogP contribution in [-0.2, 0) is 0 Å². The highest BCUT2D eigenvalue weighted by molar-refractivity contribution is 9.10. The van der Waals surface area contributed by atoms with Crippen molar-refractivity contribution in [1.29, 1.82) is 0 Å². The molecule has 5 heteroatoms. The fourth-order valence-corrected chi connectivity index (χ4v) is 1.92. The molecule has 17 heavy (non-hydrogen) atoms. The molecular formula is C12H15BrN2O2. The van der Waals surface area contributed by atoms with E-state index in [1.54, 1.807) is 6.07 Å². The van der Waals surface area contributed by atoms with Crippen LogP contribution < -0.4 is 5.32 Å². The molecule has 1 aromatic carbocycles. The number of rotatable bonds is 6. The first-order valence-electron chi connectivity index (χ1n) is 5.36. The van der Waals surface area contributed by atoms with Gasteiger partial charge in [-0.05, 0) is 41.8 Å². The summed E-state index contributed by atoms with van der Waals surface area (Å²) in [6, 6.07) is 5.01. The number of hydrogen-bond donors (Lipinski definition) is 1. The highest BCUT2D eigenvalue weighted by Gasteiger charge is 2.10. The number of anilines is 1. The Bertz CT molecular complexity index is 421. The average molecular weight is 299 g/mol. The summed E-state index contributed by atoms with van der Waals surface area (Å²) in [6.07, 6.45) is 3.80. The second-order valence-electron chi connectivity index (χ2n) is 3.83. The van der Waals surface area contributed by atoms with Crippen molar-refractivity contribution in [2.45, 2.75) is 25.8 Å².